The SMILES string of the molecule is NC(=O)CCc1ccc([As](=O)([O-])O)cc1.[Na+]. The first-order valence-corrected chi connectivity index (χ1v) is 7.62. The number of amides is 1. The standard InChI is InChI=1S/C9H12AsNO4.Na/c11-9(12)6-3-7-1-4-8(5-2-7)10(13,14)15;/h1-2,4-5H,3,6H2,(H2,11,12)(H2,13,14,15);/q;+1/p-1. The molecule has 0 aliphatic heterocycles. The third-order valence-corrected chi connectivity index (χ3v) is 3.92. The van der Waals surface area contributed by atoms with Crippen LogP contribution in [0.1, 0.15) is 12.0 Å². The van der Waals surface area contributed by atoms with Crippen molar-refractivity contribution in [2.24, 2.45) is 5.73 Å². The van der Waals surface area contributed by atoms with Crippen LogP contribution in [0.4, 0.5) is 0 Å². The molecule has 1 unspecified atom stereocenters. The summed E-state index contributed by atoms with van der Waals surface area (Å²) in [6.07, 6.45) is 0.690. The van der Waals surface area contributed by atoms with Crippen molar-refractivity contribution in [1.29, 1.82) is 0 Å². The molecular formula is C9H11AsNNaO4. The molecule has 0 saturated carbocycles. The first-order valence-electron chi connectivity index (χ1n) is 4.31. The number of carbonyl (C=O) groups is 1. The van der Waals surface area contributed by atoms with Gasteiger partial charge in [-0.05, 0) is 0 Å². The summed E-state index contributed by atoms with van der Waals surface area (Å²) in [5, 5.41) is 0. The monoisotopic (exact) mass is 295 g/mol. The second-order valence-corrected chi connectivity index (χ2v) is 6.42. The van der Waals surface area contributed by atoms with Gasteiger partial charge in [0.1, 0.15) is 0 Å². The van der Waals surface area contributed by atoms with Crippen molar-refractivity contribution in [3.05, 3.63) is 29.8 Å². The van der Waals surface area contributed by atoms with Gasteiger partial charge in [0.05, 0.1) is 0 Å². The molecule has 0 radical (unpaired) electrons. The van der Waals surface area contributed by atoms with E-state index in [9.17, 15) is 12.6 Å². The third kappa shape index (κ3) is 5.34. The molecule has 1 atom stereocenters. The van der Waals surface area contributed by atoms with Crippen LogP contribution < -0.4 is 43.7 Å². The largest absolute Gasteiger partial charge is 1.00 e. The van der Waals surface area contributed by atoms with E-state index < -0.39 is 20.1 Å². The van der Waals surface area contributed by atoms with Crippen molar-refractivity contribution in [2.45, 2.75) is 12.8 Å². The first kappa shape index (κ1) is 16.0. The Morgan fingerprint density at radius 1 is 1.38 bits per heavy atom. The minimum atomic E-state index is -5.02. The van der Waals surface area contributed by atoms with Gasteiger partial charge < -0.3 is 0 Å². The van der Waals surface area contributed by atoms with Crippen LogP contribution >= 0.6 is 0 Å². The number of hydrogen-bond acceptors (Lipinski definition) is 3. The summed E-state index contributed by atoms with van der Waals surface area (Å²) in [6.45, 7) is 0. The average molecular weight is 295 g/mol. The van der Waals surface area contributed by atoms with Gasteiger partial charge in [0.25, 0.3) is 0 Å². The molecule has 7 heteroatoms. The van der Waals surface area contributed by atoms with Crippen LogP contribution in [-0.2, 0) is 15.0 Å². The average Bonchev–Trinajstić information content (AvgIpc) is 2.14. The van der Waals surface area contributed by atoms with Crippen molar-refractivity contribution in [3.63, 3.8) is 0 Å². The van der Waals surface area contributed by atoms with E-state index in [1.165, 1.54) is 12.1 Å². The van der Waals surface area contributed by atoms with Gasteiger partial charge in [-0.1, -0.05) is 0 Å². The van der Waals surface area contributed by atoms with Crippen LogP contribution in [0.25, 0.3) is 0 Å². The van der Waals surface area contributed by atoms with Crippen LogP contribution in [0.3, 0.4) is 0 Å². The zero-order valence-electron chi connectivity index (χ0n) is 8.92. The predicted octanol–water partition coefficient (Wildman–Crippen LogP) is -4.96. The zero-order chi connectivity index (χ0) is 11.5. The molecule has 0 fully saturated rings. The summed E-state index contributed by atoms with van der Waals surface area (Å²) in [5.41, 5.74) is 5.78. The third-order valence-electron chi connectivity index (χ3n) is 1.92. The molecule has 0 heterocycles. The molecule has 3 N–H and O–H groups in total. The number of carbonyl (C=O) groups excluding carboxylic acids is 1. The molecule has 0 aliphatic rings. The fourth-order valence-electron chi connectivity index (χ4n) is 1.12. The Labute approximate surface area is 118 Å². The van der Waals surface area contributed by atoms with Gasteiger partial charge in [-0.3, -0.25) is 0 Å². The number of nitrogens with two attached hydrogens (primary N) is 1. The van der Waals surface area contributed by atoms with Crippen molar-refractivity contribution in [2.75, 3.05) is 0 Å². The van der Waals surface area contributed by atoms with Crippen LogP contribution in [-0.4, -0.2) is 24.2 Å². The number of aryl methyl sites for hydroxylation is 1. The Bertz CT molecular complexity index is 400. The van der Waals surface area contributed by atoms with Gasteiger partial charge in [-0.2, -0.15) is 0 Å². The van der Waals surface area contributed by atoms with Gasteiger partial charge >= 0.3 is 119 Å². The number of primary amides is 1. The smallest absolute Gasteiger partial charge is 1.00 e. The molecule has 0 bridgehead atoms. The summed E-state index contributed by atoms with van der Waals surface area (Å²) >= 11 is -5.02. The summed E-state index contributed by atoms with van der Waals surface area (Å²) in [6, 6.07) is 5.76. The maximum atomic E-state index is 10.8. The Balaban J connectivity index is 0.00000225. The fraction of sp³-hybridized carbons (Fsp3) is 0.222. The normalized spacial score (nSPS) is 13.6. The van der Waals surface area contributed by atoms with Gasteiger partial charge in [-0.15, -0.1) is 0 Å². The first-order chi connectivity index (χ1) is 6.89. The molecule has 0 aliphatic carbocycles. The molecule has 16 heavy (non-hydrogen) atoms. The minimum absolute atomic E-state index is 0. The van der Waals surface area contributed by atoms with Gasteiger partial charge in [0, 0.05) is 0 Å². The Kier molecular flexibility index (Phi) is 6.63. The van der Waals surface area contributed by atoms with Gasteiger partial charge in [-0.25, -0.2) is 0 Å². The van der Waals surface area contributed by atoms with Crippen LogP contribution in [0, 0.1) is 0 Å². The second-order valence-electron chi connectivity index (χ2n) is 3.15. The molecule has 0 aromatic heterocycles. The molecular weight excluding hydrogens is 284 g/mol. The fourth-order valence-corrected chi connectivity index (χ4v) is 2.22. The Morgan fingerprint density at radius 3 is 2.25 bits per heavy atom. The van der Waals surface area contributed by atoms with Crippen molar-refractivity contribution >= 4 is 24.4 Å². The van der Waals surface area contributed by atoms with Crippen LogP contribution in [0.2, 0.25) is 0 Å². The topological polar surface area (TPSA) is 103 Å². The van der Waals surface area contributed by atoms with Crippen LogP contribution in [0.5, 0.6) is 0 Å². The van der Waals surface area contributed by atoms with E-state index in [4.69, 9.17) is 9.83 Å². The quantitative estimate of drug-likeness (QED) is 0.543. The van der Waals surface area contributed by atoms with E-state index in [0.717, 1.165) is 5.56 Å². The van der Waals surface area contributed by atoms with E-state index in [0.29, 0.717) is 6.42 Å². The molecule has 1 amide bonds. The predicted molar refractivity (Wildman–Crippen MR) is 52.3 cm³/mol. The Morgan fingerprint density at radius 2 is 1.88 bits per heavy atom. The maximum absolute atomic E-state index is 10.8. The number of benzene rings is 1. The molecule has 82 valence electrons. The summed E-state index contributed by atoms with van der Waals surface area (Å²) < 4.78 is 30.3. The summed E-state index contributed by atoms with van der Waals surface area (Å²) in [5.74, 6) is -0.403. The summed E-state index contributed by atoms with van der Waals surface area (Å²) in [7, 11) is 0. The van der Waals surface area contributed by atoms with Gasteiger partial charge in [0.2, 0.25) is 0 Å². The van der Waals surface area contributed by atoms with E-state index in [1.807, 2.05) is 0 Å². The summed E-state index contributed by atoms with van der Waals surface area (Å²) in [4.78, 5) is 10.5. The number of rotatable bonds is 4. The minimum Gasteiger partial charge on any atom is 1.00 e. The van der Waals surface area contributed by atoms with Crippen molar-refractivity contribution in [3.8, 4) is 0 Å². The molecule has 1 aromatic carbocycles. The van der Waals surface area contributed by atoms with Crippen molar-refractivity contribution in [1.82, 2.24) is 0 Å². The maximum Gasteiger partial charge on any atom is 1.00 e. The number of hydrogen-bond donors (Lipinski definition) is 2. The molecule has 0 saturated heterocycles. The van der Waals surface area contributed by atoms with E-state index in [1.54, 1.807) is 12.1 Å². The van der Waals surface area contributed by atoms with Gasteiger partial charge in [0.15, 0.2) is 0 Å². The van der Waals surface area contributed by atoms with E-state index in [-0.39, 0.29) is 40.3 Å². The Hall–Kier alpha value is -0.0316. The van der Waals surface area contributed by atoms with E-state index >= 15 is 0 Å². The molecule has 5 nitrogen and oxygen atoms in total. The molecule has 0 spiro atoms. The van der Waals surface area contributed by atoms with E-state index in [2.05, 4.69) is 0 Å². The molecule has 1 rings (SSSR count). The van der Waals surface area contributed by atoms with Crippen LogP contribution in [0.15, 0.2) is 24.3 Å². The molecule has 1 aromatic rings. The van der Waals surface area contributed by atoms with Crippen molar-refractivity contribution < 1.29 is 46.3 Å². The second kappa shape index (κ2) is 6.64. The zero-order valence-corrected chi connectivity index (χ0v) is 12.8.